The topological polar surface area (TPSA) is 4.44 Å². The van der Waals surface area contributed by atoms with Crippen molar-refractivity contribution in [1.29, 1.82) is 0 Å². The van der Waals surface area contributed by atoms with Crippen LogP contribution >= 0.6 is 0 Å². The molecule has 10 heavy (non-hydrogen) atoms. The van der Waals surface area contributed by atoms with Crippen LogP contribution in [0.1, 0.15) is 32.6 Å². The Kier molecular flexibility index (Phi) is 2.72. The highest BCUT2D eigenvalue weighted by Gasteiger charge is 2.22. The second kappa shape index (κ2) is 3.38. The highest BCUT2D eigenvalue weighted by Crippen LogP contribution is 2.21. The molecule has 1 N–H and O–H groups in total. The Morgan fingerprint density at radius 1 is 1.20 bits per heavy atom. The molecule has 0 spiro atoms. The molecule has 0 aliphatic heterocycles. The van der Waals surface area contributed by atoms with Gasteiger partial charge in [0.05, 0.1) is 20.1 Å². The summed E-state index contributed by atoms with van der Waals surface area (Å²) in [5.41, 5.74) is 0. The third-order valence-corrected chi connectivity index (χ3v) is 2.75. The molecule has 0 saturated heterocycles. The number of nitrogens with one attached hydrogen (secondary N) is 1. The Morgan fingerprint density at radius 2 is 1.90 bits per heavy atom. The SMILES string of the molecule is CC1CCCC([NH+](C)C)C1. The van der Waals surface area contributed by atoms with Crippen molar-refractivity contribution >= 4 is 0 Å². The average molecular weight is 142 g/mol. The van der Waals surface area contributed by atoms with Gasteiger partial charge in [0.25, 0.3) is 0 Å². The van der Waals surface area contributed by atoms with Gasteiger partial charge in [-0.15, -0.1) is 0 Å². The van der Waals surface area contributed by atoms with Crippen molar-refractivity contribution < 1.29 is 4.90 Å². The van der Waals surface area contributed by atoms with E-state index in [1.807, 2.05) is 0 Å². The van der Waals surface area contributed by atoms with Gasteiger partial charge >= 0.3 is 0 Å². The summed E-state index contributed by atoms with van der Waals surface area (Å²) in [6, 6.07) is 0.948. The van der Waals surface area contributed by atoms with Gasteiger partial charge in [-0.3, -0.25) is 0 Å². The summed E-state index contributed by atoms with van der Waals surface area (Å²) < 4.78 is 0. The molecule has 1 aliphatic rings. The second-order valence-corrected chi connectivity index (χ2v) is 4.05. The van der Waals surface area contributed by atoms with Crippen LogP contribution < -0.4 is 4.90 Å². The lowest BCUT2D eigenvalue weighted by Crippen LogP contribution is -3.10. The molecule has 1 rings (SSSR count). The molecule has 0 aromatic rings. The highest BCUT2D eigenvalue weighted by molar-refractivity contribution is 4.68. The summed E-state index contributed by atoms with van der Waals surface area (Å²) in [6.45, 7) is 2.38. The molecular weight excluding hydrogens is 122 g/mol. The maximum absolute atomic E-state index is 2.38. The minimum Gasteiger partial charge on any atom is -0.337 e. The van der Waals surface area contributed by atoms with Crippen molar-refractivity contribution in [3.8, 4) is 0 Å². The van der Waals surface area contributed by atoms with Crippen LogP contribution in [0.25, 0.3) is 0 Å². The van der Waals surface area contributed by atoms with Gasteiger partial charge in [0.15, 0.2) is 0 Å². The lowest BCUT2D eigenvalue weighted by molar-refractivity contribution is -0.887. The lowest BCUT2D eigenvalue weighted by Gasteiger charge is -2.28. The molecule has 1 aliphatic carbocycles. The van der Waals surface area contributed by atoms with E-state index in [0.717, 1.165) is 12.0 Å². The average Bonchev–Trinajstić information content (AvgIpc) is 1.88. The van der Waals surface area contributed by atoms with Crippen molar-refractivity contribution in [1.82, 2.24) is 0 Å². The zero-order valence-electron chi connectivity index (χ0n) is 7.48. The van der Waals surface area contributed by atoms with E-state index >= 15 is 0 Å². The van der Waals surface area contributed by atoms with E-state index in [0.29, 0.717) is 0 Å². The van der Waals surface area contributed by atoms with E-state index in [4.69, 9.17) is 0 Å². The smallest absolute Gasteiger partial charge is 0.0873 e. The first-order chi connectivity index (χ1) is 4.70. The summed E-state index contributed by atoms with van der Waals surface area (Å²) >= 11 is 0. The van der Waals surface area contributed by atoms with Crippen LogP contribution in [0.5, 0.6) is 0 Å². The van der Waals surface area contributed by atoms with Crippen molar-refractivity contribution in [3.05, 3.63) is 0 Å². The van der Waals surface area contributed by atoms with Gasteiger partial charge in [0.1, 0.15) is 0 Å². The predicted octanol–water partition coefficient (Wildman–Crippen LogP) is 0.710. The van der Waals surface area contributed by atoms with Crippen LogP contribution in [-0.2, 0) is 0 Å². The summed E-state index contributed by atoms with van der Waals surface area (Å²) in [4.78, 5) is 1.64. The third-order valence-electron chi connectivity index (χ3n) is 2.75. The summed E-state index contributed by atoms with van der Waals surface area (Å²) in [6.07, 6.45) is 5.82. The highest BCUT2D eigenvalue weighted by atomic mass is 15.1. The van der Waals surface area contributed by atoms with Crippen LogP contribution in [0.4, 0.5) is 0 Å². The van der Waals surface area contributed by atoms with Crippen LogP contribution in [0, 0.1) is 5.92 Å². The lowest BCUT2D eigenvalue weighted by atomic mass is 9.87. The maximum Gasteiger partial charge on any atom is 0.0873 e. The Bertz CT molecular complexity index is 98.9. The molecule has 1 nitrogen and oxygen atoms in total. The van der Waals surface area contributed by atoms with Gasteiger partial charge in [0.2, 0.25) is 0 Å². The second-order valence-electron chi connectivity index (χ2n) is 4.05. The third kappa shape index (κ3) is 1.98. The Labute approximate surface area is 64.4 Å². The quantitative estimate of drug-likeness (QED) is 0.550. The van der Waals surface area contributed by atoms with Crippen LogP contribution in [0.3, 0.4) is 0 Å². The van der Waals surface area contributed by atoms with Crippen molar-refractivity contribution in [3.63, 3.8) is 0 Å². The van der Waals surface area contributed by atoms with Gasteiger partial charge in [-0.1, -0.05) is 13.3 Å². The van der Waals surface area contributed by atoms with E-state index < -0.39 is 0 Å². The largest absolute Gasteiger partial charge is 0.337 e. The molecule has 0 aromatic carbocycles. The fraction of sp³-hybridized carbons (Fsp3) is 1.00. The number of rotatable bonds is 1. The molecule has 1 heteroatoms. The number of hydrogen-bond donors (Lipinski definition) is 1. The van der Waals surface area contributed by atoms with E-state index in [-0.39, 0.29) is 0 Å². The van der Waals surface area contributed by atoms with Crippen LogP contribution in [0.15, 0.2) is 0 Å². The number of hydrogen-bond acceptors (Lipinski definition) is 0. The van der Waals surface area contributed by atoms with E-state index in [1.54, 1.807) is 4.90 Å². The van der Waals surface area contributed by atoms with Crippen LogP contribution in [-0.4, -0.2) is 20.1 Å². The minimum absolute atomic E-state index is 0.948. The summed E-state index contributed by atoms with van der Waals surface area (Å²) in [5.74, 6) is 0.980. The zero-order valence-corrected chi connectivity index (χ0v) is 7.48. The van der Waals surface area contributed by atoms with Crippen LogP contribution in [0.2, 0.25) is 0 Å². The number of quaternary nitrogens is 1. The van der Waals surface area contributed by atoms with Crippen molar-refractivity contribution in [2.45, 2.75) is 38.6 Å². The first-order valence-corrected chi connectivity index (χ1v) is 4.50. The molecule has 0 radical (unpaired) electrons. The Balaban J connectivity index is 2.32. The first-order valence-electron chi connectivity index (χ1n) is 4.50. The molecule has 0 aromatic heterocycles. The molecule has 1 fully saturated rings. The molecular formula is C9H20N+. The maximum atomic E-state index is 2.38. The molecule has 60 valence electrons. The minimum atomic E-state index is 0.948. The van der Waals surface area contributed by atoms with Crippen molar-refractivity contribution in [2.75, 3.05) is 14.1 Å². The fourth-order valence-corrected chi connectivity index (χ4v) is 1.96. The van der Waals surface area contributed by atoms with E-state index in [2.05, 4.69) is 21.0 Å². The molecule has 2 unspecified atom stereocenters. The Hall–Kier alpha value is -0.0400. The zero-order chi connectivity index (χ0) is 7.56. The van der Waals surface area contributed by atoms with E-state index in [1.165, 1.54) is 25.7 Å². The summed E-state index contributed by atoms with van der Waals surface area (Å²) in [5, 5.41) is 0. The Morgan fingerprint density at radius 3 is 2.30 bits per heavy atom. The van der Waals surface area contributed by atoms with E-state index in [9.17, 15) is 0 Å². The molecule has 0 bridgehead atoms. The summed E-state index contributed by atoms with van der Waals surface area (Å²) in [7, 11) is 4.56. The standard InChI is InChI=1S/C9H19N/c1-8-5-4-6-9(7-8)10(2)3/h8-9H,4-7H2,1-3H3/p+1. The van der Waals surface area contributed by atoms with Gasteiger partial charge in [0, 0.05) is 6.42 Å². The van der Waals surface area contributed by atoms with Gasteiger partial charge in [-0.2, -0.15) is 0 Å². The predicted molar refractivity (Wildman–Crippen MR) is 44.2 cm³/mol. The molecule has 2 atom stereocenters. The molecule has 0 heterocycles. The van der Waals surface area contributed by atoms with Crippen molar-refractivity contribution in [2.24, 2.45) is 5.92 Å². The molecule has 1 saturated carbocycles. The monoisotopic (exact) mass is 142 g/mol. The van der Waals surface area contributed by atoms with Gasteiger partial charge in [-0.25, -0.2) is 0 Å². The first kappa shape index (κ1) is 8.06. The normalized spacial score (nSPS) is 34.8. The van der Waals surface area contributed by atoms with Gasteiger partial charge < -0.3 is 4.90 Å². The molecule has 0 amide bonds. The fourth-order valence-electron chi connectivity index (χ4n) is 1.96. The van der Waals surface area contributed by atoms with Gasteiger partial charge in [-0.05, 0) is 18.8 Å².